The number of rotatable bonds is 7. The molecule has 0 fully saturated rings. The third-order valence-corrected chi connectivity index (χ3v) is 2.49. The minimum absolute atomic E-state index is 0.170. The van der Waals surface area contributed by atoms with Gasteiger partial charge in [-0.25, -0.2) is 4.98 Å². The van der Waals surface area contributed by atoms with Crippen LogP contribution >= 0.6 is 0 Å². The van der Waals surface area contributed by atoms with E-state index >= 15 is 0 Å². The van der Waals surface area contributed by atoms with E-state index in [1.54, 1.807) is 7.11 Å². The second-order valence-electron chi connectivity index (χ2n) is 3.79. The second kappa shape index (κ2) is 7.45. The lowest BCUT2D eigenvalue weighted by Crippen LogP contribution is -2.30. The molecule has 18 heavy (non-hydrogen) atoms. The minimum Gasteiger partial charge on any atom is -0.383 e. The zero-order valence-electron chi connectivity index (χ0n) is 10.8. The van der Waals surface area contributed by atoms with Gasteiger partial charge in [-0.05, 0) is 0 Å². The number of hydrogen-bond donors (Lipinski definition) is 1. The van der Waals surface area contributed by atoms with Crippen LogP contribution in [0.3, 0.4) is 0 Å². The van der Waals surface area contributed by atoms with E-state index in [1.807, 2.05) is 11.8 Å². The molecule has 1 aromatic rings. The lowest BCUT2D eigenvalue weighted by Gasteiger charge is -2.22. The summed E-state index contributed by atoms with van der Waals surface area (Å²) in [4.78, 5) is 20.4. The predicted molar refractivity (Wildman–Crippen MR) is 68.6 cm³/mol. The molecule has 1 N–H and O–H groups in total. The van der Waals surface area contributed by atoms with Gasteiger partial charge in [0.25, 0.3) is 5.56 Å². The first kappa shape index (κ1) is 14.2. The van der Waals surface area contributed by atoms with Crippen molar-refractivity contribution in [3.8, 4) is 6.07 Å². The number of anilines is 1. The molecule has 0 bridgehead atoms. The van der Waals surface area contributed by atoms with Crippen LogP contribution in [0.4, 0.5) is 5.82 Å². The summed E-state index contributed by atoms with van der Waals surface area (Å²) in [7, 11) is 1.62. The molecule has 0 aliphatic carbocycles. The summed E-state index contributed by atoms with van der Waals surface area (Å²) in [6, 6.07) is 3.54. The molecule has 0 radical (unpaired) electrons. The van der Waals surface area contributed by atoms with Gasteiger partial charge in [0.1, 0.15) is 11.6 Å². The van der Waals surface area contributed by atoms with Gasteiger partial charge in [-0.3, -0.25) is 4.79 Å². The van der Waals surface area contributed by atoms with Crippen LogP contribution in [0.2, 0.25) is 0 Å². The van der Waals surface area contributed by atoms with Gasteiger partial charge in [0.05, 0.1) is 19.1 Å². The smallest absolute Gasteiger partial charge is 0.252 e. The molecule has 0 saturated carbocycles. The average Bonchev–Trinajstić information content (AvgIpc) is 2.38. The quantitative estimate of drug-likeness (QED) is 0.770. The van der Waals surface area contributed by atoms with Crippen molar-refractivity contribution in [3.05, 3.63) is 22.2 Å². The van der Waals surface area contributed by atoms with Crippen LogP contribution in [-0.2, 0) is 11.2 Å². The maximum absolute atomic E-state index is 11.5. The number of aryl methyl sites for hydroxylation is 1. The van der Waals surface area contributed by atoms with Gasteiger partial charge in [0.2, 0.25) is 0 Å². The largest absolute Gasteiger partial charge is 0.383 e. The fraction of sp³-hybridized carbons (Fsp3) is 0.583. The lowest BCUT2D eigenvalue weighted by atomic mass is 10.3. The Bertz CT molecular complexity index is 464. The Labute approximate surface area is 106 Å². The number of nitriles is 1. The summed E-state index contributed by atoms with van der Waals surface area (Å²) in [6.07, 6.45) is 1.05. The number of nitrogens with one attached hydrogen (secondary N) is 1. The van der Waals surface area contributed by atoms with E-state index < -0.39 is 0 Å². The Balaban J connectivity index is 2.92. The molecule has 6 heteroatoms. The van der Waals surface area contributed by atoms with E-state index in [0.29, 0.717) is 44.2 Å². The van der Waals surface area contributed by atoms with Crippen molar-refractivity contribution in [1.82, 2.24) is 9.97 Å². The summed E-state index contributed by atoms with van der Waals surface area (Å²) >= 11 is 0. The molecule has 0 aromatic carbocycles. The Kier molecular flexibility index (Phi) is 5.88. The molecule has 0 atom stereocenters. The van der Waals surface area contributed by atoms with Crippen LogP contribution in [0.25, 0.3) is 0 Å². The SMILES string of the molecule is CCc1nc(N(CCC#N)CCOC)cc(=O)[nH]1. The van der Waals surface area contributed by atoms with E-state index in [9.17, 15) is 4.79 Å². The first-order valence-corrected chi connectivity index (χ1v) is 5.92. The number of H-pyrrole nitrogens is 1. The topological polar surface area (TPSA) is 82.0 Å². The van der Waals surface area contributed by atoms with E-state index in [0.717, 1.165) is 0 Å². The van der Waals surface area contributed by atoms with Crippen molar-refractivity contribution in [1.29, 1.82) is 5.26 Å². The zero-order valence-corrected chi connectivity index (χ0v) is 10.8. The minimum atomic E-state index is -0.170. The lowest BCUT2D eigenvalue weighted by molar-refractivity contribution is 0.205. The van der Waals surface area contributed by atoms with Crippen molar-refractivity contribution < 1.29 is 4.74 Å². The molecule has 0 unspecified atom stereocenters. The number of aromatic nitrogens is 2. The molecule has 98 valence electrons. The number of hydrogen-bond acceptors (Lipinski definition) is 5. The Morgan fingerprint density at radius 2 is 2.33 bits per heavy atom. The van der Waals surface area contributed by atoms with E-state index in [2.05, 4.69) is 16.0 Å². The van der Waals surface area contributed by atoms with Gasteiger partial charge in [-0.15, -0.1) is 0 Å². The zero-order chi connectivity index (χ0) is 13.4. The summed E-state index contributed by atoms with van der Waals surface area (Å²) in [5, 5.41) is 8.65. The highest BCUT2D eigenvalue weighted by Crippen LogP contribution is 2.08. The van der Waals surface area contributed by atoms with Gasteiger partial charge < -0.3 is 14.6 Å². The van der Waals surface area contributed by atoms with Crippen molar-refractivity contribution in [3.63, 3.8) is 0 Å². The molecule has 6 nitrogen and oxygen atoms in total. The number of methoxy groups -OCH3 is 1. The van der Waals surface area contributed by atoms with Gasteiger partial charge in [-0.2, -0.15) is 5.26 Å². The summed E-state index contributed by atoms with van der Waals surface area (Å²) in [5.74, 6) is 1.25. The van der Waals surface area contributed by atoms with E-state index in [4.69, 9.17) is 10.00 Å². The number of aromatic amines is 1. The molecule has 0 aliphatic rings. The molecule has 1 heterocycles. The molecular weight excluding hydrogens is 232 g/mol. The summed E-state index contributed by atoms with van der Waals surface area (Å²) in [6.45, 7) is 3.61. The molecule has 1 rings (SSSR count). The van der Waals surface area contributed by atoms with Gasteiger partial charge >= 0.3 is 0 Å². The van der Waals surface area contributed by atoms with E-state index in [1.165, 1.54) is 6.07 Å². The van der Waals surface area contributed by atoms with Gasteiger partial charge in [0, 0.05) is 32.7 Å². The van der Waals surface area contributed by atoms with Crippen molar-refractivity contribution in [2.45, 2.75) is 19.8 Å². The average molecular weight is 250 g/mol. The maximum atomic E-state index is 11.5. The number of ether oxygens (including phenoxy) is 1. The van der Waals surface area contributed by atoms with E-state index in [-0.39, 0.29) is 5.56 Å². The van der Waals surface area contributed by atoms with Crippen molar-refractivity contribution >= 4 is 5.82 Å². The highest BCUT2D eigenvalue weighted by Gasteiger charge is 2.09. The second-order valence-corrected chi connectivity index (χ2v) is 3.79. The van der Waals surface area contributed by atoms with Crippen LogP contribution in [0.5, 0.6) is 0 Å². The van der Waals surface area contributed by atoms with Crippen LogP contribution in [0.1, 0.15) is 19.2 Å². The monoisotopic (exact) mass is 250 g/mol. The first-order valence-electron chi connectivity index (χ1n) is 5.92. The normalized spacial score (nSPS) is 10.1. The highest BCUT2D eigenvalue weighted by molar-refractivity contribution is 5.37. The highest BCUT2D eigenvalue weighted by atomic mass is 16.5. The molecular formula is C12H18N4O2. The fourth-order valence-corrected chi connectivity index (χ4v) is 1.55. The summed E-state index contributed by atoms with van der Waals surface area (Å²) < 4.78 is 5.02. The molecule has 0 saturated heterocycles. The Morgan fingerprint density at radius 3 is 2.94 bits per heavy atom. The molecule has 0 amide bonds. The maximum Gasteiger partial charge on any atom is 0.252 e. The third-order valence-electron chi connectivity index (χ3n) is 2.49. The molecule has 1 aromatic heterocycles. The first-order chi connectivity index (χ1) is 8.71. The van der Waals surface area contributed by atoms with Crippen LogP contribution in [-0.4, -0.2) is 36.8 Å². The molecule has 0 spiro atoms. The predicted octanol–water partition coefficient (Wildman–Crippen LogP) is 0.699. The van der Waals surface area contributed by atoms with Crippen LogP contribution in [0, 0.1) is 11.3 Å². The van der Waals surface area contributed by atoms with Crippen molar-refractivity contribution in [2.24, 2.45) is 0 Å². The third kappa shape index (κ3) is 4.18. The summed E-state index contributed by atoms with van der Waals surface area (Å²) in [5.41, 5.74) is -0.170. The molecule has 0 aliphatic heterocycles. The van der Waals surface area contributed by atoms with Crippen molar-refractivity contribution in [2.75, 3.05) is 31.7 Å². The fourth-order valence-electron chi connectivity index (χ4n) is 1.55. The standard InChI is InChI=1S/C12H18N4O2/c1-3-10-14-11(9-12(17)15-10)16(6-4-5-13)7-8-18-2/h9H,3-4,6-8H2,1-2H3,(H,14,15,17). The Hall–Kier alpha value is -1.87. The van der Waals surface area contributed by atoms with Crippen LogP contribution in [0.15, 0.2) is 10.9 Å². The van der Waals surface area contributed by atoms with Crippen LogP contribution < -0.4 is 10.5 Å². The van der Waals surface area contributed by atoms with Gasteiger partial charge in [-0.1, -0.05) is 6.92 Å². The number of nitrogens with zero attached hydrogens (tertiary/aromatic N) is 3. The Morgan fingerprint density at radius 1 is 1.56 bits per heavy atom. The van der Waals surface area contributed by atoms with Gasteiger partial charge in [0.15, 0.2) is 0 Å².